The molecule has 0 aromatic heterocycles. The summed E-state index contributed by atoms with van der Waals surface area (Å²) >= 11 is 0. The van der Waals surface area contributed by atoms with Crippen LogP contribution in [0.25, 0.3) is 0 Å². The van der Waals surface area contributed by atoms with E-state index in [1.165, 1.54) is 0 Å². The molecule has 1 fully saturated rings. The second kappa shape index (κ2) is 6.37. The summed E-state index contributed by atoms with van der Waals surface area (Å²) in [5.41, 5.74) is -3.48. The molecule has 0 aromatic carbocycles. The van der Waals surface area contributed by atoms with Gasteiger partial charge in [0, 0.05) is 17.8 Å². The SMILES string of the molecule is CC(C)C1=C[C@@H]2[C@@H]([C@@H]3C=C[C@@]2(C(C)C)C(=O)[C@@]3(O)C(C)C)[C@](O)(C(C)C)C1=O. The number of carbonyl (C=O) groups is 2. The molecule has 0 radical (unpaired) electrons. The van der Waals surface area contributed by atoms with Crippen LogP contribution in [0.5, 0.6) is 0 Å². The minimum Gasteiger partial charge on any atom is -0.381 e. The Balaban J connectivity index is 2.39. The van der Waals surface area contributed by atoms with E-state index < -0.39 is 28.5 Å². The number of ketones is 2. The van der Waals surface area contributed by atoms with Crippen LogP contribution in [0.2, 0.25) is 0 Å². The number of hydrogen-bond donors (Lipinski definition) is 2. The lowest BCUT2D eigenvalue weighted by Gasteiger charge is -2.64. The third kappa shape index (κ3) is 2.25. The summed E-state index contributed by atoms with van der Waals surface area (Å²) in [5.74, 6) is -2.51. The first-order valence-corrected chi connectivity index (χ1v) is 10.7. The predicted molar refractivity (Wildman–Crippen MR) is 109 cm³/mol. The van der Waals surface area contributed by atoms with Crippen LogP contribution in [0, 0.1) is 46.8 Å². The largest absolute Gasteiger partial charge is 0.381 e. The van der Waals surface area contributed by atoms with Crippen LogP contribution in [0.1, 0.15) is 55.4 Å². The topological polar surface area (TPSA) is 74.6 Å². The highest BCUT2D eigenvalue weighted by Crippen LogP contribution is 2.65. The van der Waals surface area contributed by atoms with Gasteiger partial charge in [0.1, 0.15) is 11.2 Å². The zero-order valence-corrected chi connectivity index (χ0v) is 18.5. The zero-order chi connectivity index (χ0) is 21.4. The first kappa shape index (κ1) is 21.4. The summed E-state index contributed by atoms with van der Waals surface area (Å²) < 4.78 is 0. The van der Waals surface area contributed by atoms with Crippen LogP contribution in [0.4, 0.5) is 0 Å². The molecular formula is C24H36O4. The van der Waals surface area contributed by atoms with E-state index in [4.69, 9.17) is 0 Å². The fraction of sp³-hybridized carbons (Fsp3) is 0.750. The molecule has 156 valence electrons. The van der Waals surface area contributed by atoms with E-state index in [1.807, 2.05) is 73.6 Å². The number of hydrogen-bond acceptors (Lipinski definition) is 4. The van der Waals surface area contributed by atoms with Crippen molar-refractivity contribution in [3.63, 3.8) is 0 Å². The molecule has 28 heavy (non-hydrogen) atoms. The van der Waals surface area contributed by atoms with E-state index in [1.54, 1.807) is 0 Å². The van der Waals surface area contributed by atoms with Gasteiger partial charge in [0.15, 0.2) is 11.6 Å². The van der Waals surface area contributed by atoms with Crippen LogP contribution in [-0.2, 0) is 9.59 Å². The van der Waals surface area contributed by atoms with E-state index in [-0.39, 0.29) is 41.2 Å². The molecular weight excluding hydrogens is 352 g/mol. The fourth-order valence-corrected chi connectivity index (χ4v) is 6.19. The lowest BCUT2D eigenvalue weighted by atomic mass is 9.39. The quantitative estimate of drug-likeness (QED) is 0.722. The van der Waals surface area contributed by atoms with Crippen LogP contribution >= 0.6 is 0 Å². The van der Waals surface area contributed by atoms with Crippen molar-refractivity contribution in [1.82, 2.24) is 0 Å². The maximum absolute atomic E-state index is 13.8. The van der Waals surface area contributed by atoms with Crippen LogP contribution in [-0.4, -0.2) is 33.0 Å². The van der Waals surface area contributed by atoms with Crippen molar-refractivity contribution in [3.8, 4) is 0 Å². The van der Waals surface area contributed by atoms with Crippen molar-refractivity contribution in [3.05, 3.63) is 23.8 Å². The van der Waals surface area contributed by atoms with E-state index in [0.29, 0.717) is 5.57 Å². The maximum atomic E-state index is 13.8. The van der Waals surface area contributed by atoms with Gasteiger partial charge in [-0.1, -0.05) is 73.6 Å². The molecule has 4 heteroatoms. The molecule has 4 aliphatic rings. The molecule has 1 saturated carbocycles. The molecule has 4 nitrogen and oxygen atoms in total. The summed E-state index contributed by atoms with van der Waals surface area (Å²) in [6, 6.07) is 0. The first-order chi connectivity index (χ1) is 12.8. The van der Waals surface area contributed by atoms with Crippen molar-refractivity contribution >= 4 is 11.6 Å². The second-order valence-corrected chi connectivity index (χ2v) is 10.4. The average Bonchev–Trinajstić information content (AvgIpc) is 2.60. The van der Waals surface area contributed by atoms with Gasteiger partial charge in [-0.3, -0.25) is 9.59 Å². The summed E-state index contributed by atoms with van der Waals surface area (Å²) in [5, 5.41) is 23.6. The lowest BCUT2D eigenvalue weighted by molar-refractivity contribution is -0.209. The smallest absolute Gasteiger partial charge is 0.190 e. The second-order valence-electron chi connectivity index (χ2n) is 10.4. The number of carbonyl (C=O) groups excluding carboxylic acids is 2. The Labute approximate surface area is 169 Å². The Bertz CT molecular complexity index is 759. The summed E-state index contributed by atoms with van der Waals surface area (Å²) in [7, 11) is 0. The van der Waals surface area contributed by atoms with Crippen molar-refractivity contribution in [2.45, 2.75) is 66.6 Å². The normalized spacial score (nSPS) is 42.8. The van der Waals surface area contributed by atoms with Crippen molar-refractivity contribution < 1.29 is 19.8 Å². The molecule has 2 N–H and O–H groups in total. The van der Waals surface area contributed by atoms with E-state index in [2.05, 4.69) is 0 Å². The summed E-state index contributed by atoms with van der Waals surface area (Å²) in [6.45, 7) is 15.3. The number of Topliss-reactive ketones (excluding diaryl/α,β-unsaturated/α-hetero) is 2. The van der Waals surface area contributed by atoms with Crippen molar-refractivity contribution in [2.75, 3.05) is 0 Å². The minimum absolute atomic E-state index is 0.0357. The van der Waals surface area contributed by atoms with E-state index in [0.717, 1.165) is 0 Å². The highest BCUT2D eigenvalue weighted by Gasteiger charge is 2.73. The molecule has 4 aliphatic carbocycles. The van der Waals surface area contributed by atoms with E-state index >= 15 is 0 Å². The third-order valence-electron chi connectivity index (χ3n) is 8.00. The fourth-order valence-electron chi connectivity index (χ4n) is 6.19. The van der Waals surface area contributed by atoms with Crippen LogP contribution < -0.4 is 0 Å². The standard InChI is InChI=1S/C24H36O4/c1-12(2)16-11-18-19(24(28,15(7)8)20(16)25)17-9-10-22(18,13(3)4)21(26)23(17,27)14(5)6/h9-15,17-19,27-28H,1-8H3/t17-,18+,19+,22-,23+,24+/m0/s1. The molecule has 0 saturated heterocycles. The molecule has 4 rings (SSSR count). The van der Waals surface area contributed by atoms with E-state index in [9.17, 15) is 19.8 Å². The van der Waals surface area contributed by atoms with Crippen molar-refractivity contribution in [1.29, 1.82) is 0 Å². The molecule has 0 unspecified atom stereocenters. The predicted octanol–water partition coefficient (Wildman–Crippen LogP) is 3.57. The molecule has 0 aliphatic heterocycles. The maximum Gasteiger partial charge on any atom is 0.190 e. The minimum atomic E-state index is -1.60. The molecule has 2 bridgehead atoms. The molecule has 6 atom stereocenters. The molecule has 0 spiro atoms. The van der Waals surface area contributed by atoms with Crippen LogP contribution in [0.15, 0.2) is 23.8 Å². The average molecular weight is 389 g/mol. The highest BCUT2D eigenvalue weighted by atomic mass is 16.3. The lowest BCUT2D eigenvalue weighted by Crippen LogP contribution is -2.75. The van der Waals surface area contributed by atoms with Gasteiger partial charge < -0.3 is 10.2 Å². The van der Waals surface area contributed by atoms with Gasteiger partial charge in [-0.25, -0.2) is 0 Å². The van der Waals surface area contributed by atoms with Crippen molar-refractivity contribution in [2.24, 2.45) is 46.8 Å². The van der Waals surface area contributed by atoms with Gasteiger partial charge in [-0.15, -0.1) is 0 Å². The Morgan fingerprint density at radius 1 is 0.821 bits per heavy atom. The van der Waals surface area contributed by atoms with Gasteiger partial charge in [0.2, 0.25) is 0 Å². The summed E-state index contributed by atoms with van der Waals surface area (Å²) in [4.78, 5) is 27.3. The van der Waals surface area contributed by atoms with Gasteiger partial charge in [-0.05, 0) is 29.2 Å². The third-order valence-corrected chi connectivity index (χ3v) is 8.00. The summed E-state index contributed by atoms with van der Waals surface area (Å²) in [6.07, 6.45) is 5.84. The monoisotopic (exact) mass is 388 g/mol. The molecule has 0 amide bonds. The van der Waals surface area contributed by atoms with Gasteiger partial charge in [0.05, 0.1) is 5.41 Å². The van der Waals surface area contributed by atoms with Crippen LogP contribution in [0.3, 0.4) is 0 Å². The Hall–Kier alpha value is -1.26. The Morgan fingerprint density at radius 3 is 1.79 bits per heavy atom. The Morgan fingerprint density at radius 2 is 1.36 bits per heavy atom. The molecule has 0 heterocycles. The Kier molecular flexibility index (Phi) is 4.88. The zero-order valence-electron chi connectivity index (χ0n) is 18.5. The van der Waals surface area contributed by atoms with Gasteiger partial charge in [-0.2, -0.15) is 0 Å². The number of allylic oxidation sites excluding steroid dienone is 2. The van der Waals surface area contributed by atoms with Gasteiger partial charge in [0.25, 0.3) is 0 Å². The first-order valence-electron chi connectivity index (χ1n) is 10.7. The van der Waals surface area contributed by atoms with Gasteiger partial charge >= 0.3 is 0 Å². The molecule has 0 aromatic rings. The number of aliphatic hydroxyl groups is 2. The highest BCUT2D eigenvalue weighted by molar-refractivity contribution is 6.06. The number of rotatable bonds is 4. The number of fused-ring (bicyclic) bond motifs is 1.